The molecule has 0 aliphatic rings. The van der Waals surface area contributed by atoms with Gasteiger partial charge in [0.2, 0.25) is 0 Å². The van der Waals surface area contributed by atoms with Crippen LogP contribution in [0.2, 0.25) is 0 Å². The Bertz CT molecular complexity index is 177. The summed E-state index contributed by atoms with van der Waals surface area (Å²) < 4.78 is 0. The molecule has 2 atom stereocenters. The third-order valence-corrected chi connectivity index (χ3v) is 3.06. The summed E-state index contributed by atoms with van der Waals surface area (Å²) in [5.41, 5.74) is 0. The normalized spacial score (nSPS) is 14.9. The second-order valence-corrected chi connectivity index (χ2v) is 4.45. The van der Waals surface area contributed by atoms with E-state index in [-0.39, 0.29) is 5.92 Å². The van der Waals surface area contributed by atoms with Crippen molar-refractivity contribution in [1.82, 2.24) is 0 Å². The van der Waals surface area contributed by atoms with E-state index in [4.69, 9.17) is 5.26 Å². The van der Waals surface area contributed by atoms with Crippen molar-refractivity contribution in [3.63, 3.8) is 0 Å². The summed E-state index contributed by atoms with van der Waals surface area (Å²) in [7, 11) is 0. The molecule has 0 aromatic carbocycles. The van der Waals surface area contributed by atoms with Crippen LogP contribution in [0.4, 0.5) is 0 Å². The second-order valence-electron chi connectivity index (χ2n) is 4.45. The van der Waals surface area contributed by atoms with Crippen LogP contribution >= 0.6 is 0 Å². The van der Waals surface area contributed by atoms with Crippen LogP contribution in [0, 0.1) is 23.2 Å². The lowest BCUT2D eigenvalue weighted by atomic mass is 9.85. The van der Waals surface area contributed by atoms with Gasteiger partial charge in [-0.3, -0.25) is 0 Å². The first-order chi connectivity index (χ1) is 7.17. The predicted molar refractivity (Wildman–Crippen MR) is 63.3 cm³/mol. The number of aliphatic hydroxyl groups is 1. The van der Waals surface area contributed by atoms with Crippen LogP contribution < -0.4 is 0 Å². The number of unbranched alkanes of at least 4 members (excludes halogenated alkanes) is 2. The zero-order chi connectivity index (χ0) is 11.7. The average molecular weight is 211 g/mol. The fraction of sp³-hybridized carbons (Fsp3) is 0.923. The topological polar surface area (TPSA) is 44.0 Å². The molecule has 0 rings (SSSR count). The van der Waals surface area contributed by atoms with Gasteiger partial charge in [-0.1, -0.05) is 39.5 Å². The number of rotatable bonds is 8. The number of nitrogens with zero attached hydrogens (tertiary/aromatic N) is 1. The van der Waals surface area contributed by atoms with Gasteiger partial charge in [0.15, 0.2) is 0 Å². The van der Waals surface area contributed by atoms with Gasteiger partial charge >= 0.3 is 0 Å². The van der Waals surface area contributed by atoms with Gasteiger partial charge in [-0.05, 0) is 25.7 Å². The molecule has 2 heteroatoms. The van der Waals surface area contributed by atoms with E-state index in [0.717, 1.165) is 38.5 Å². The molecule has 0 radical (unpaired) electrons. The highest BCUT2D eigenvalue weighted by Gasteiger charge is 2.23. The van der Waals surface area contributed by atoms with Crippen molar-refractivity contribution < 1.29 is 5.11 Å². The van der Waals surface area contributed by atoms with Gasteiger partial charge < -0.3 is 5.11 Å². The highest BCUT2D eigenvalue weighted by Crippen LogP contribution is 2.24. The predicted octanol–water partition coefficient (Wildman–Crippen LogP) is 3.50. The summed E-state index contributed by atoms with van der Waals surface area (Å²) >= 11 is 0. The monoisotopic (exact) mass is 211 g/mol. The van der Waals surface area contributed by atoms with Crippen molar-refractivity contribution in [2.45, 2.75) is 65.4 Å². The maximum atomic E-state index is 10.0. The molecule has 1 N–H and O–H groups in total. The van der Waals surface area contributed by atoms with E-state index in [1.807, 2.05) is 6.92 Å². The third-order valence-electron chi connectivity index (χ3n) is 3.06. The van der Waals surface area contributed by atoms with Crippen LogP contribution in [0.15, 0.2) is 0 Å². The minimum absolute atomic E-state index is 0.233. The average Bonchev–Trinajstić information content (AvgIpc) is 2.27. The molecule has 0 aromatic rings. The van der Waals surface area contributed by atoms with Crippen molar-refractivity contribution in [2.75, 3.05) is 0 Å². The molecule has 2 unspecified atom stereocenters. The Hall–Kier alpha value is -0.550. The lowest BCUT2D eigenvalue weighted by Gasteiger charge is -2.24. The van der Waals surface area contributed by atoms with Gasteiger partial charge in [0, 0.05) is 0 Å². The summed E-state index contributed by atoms with van der Waals surface area (Å²) in [6.07, 6.45) is 6.32. The van der Waals surface area contributed by atoms with E-state index >= 15 is 0 Å². The van der Waals surface area contributed by atoms with Gasteiger partial charge in [-0.15, -0.1) is 0 Å². The van der Waals surface area contributed by atoms with Crippen LogP contribution in [0.5, 0.6) is 0 Å². The van der Waals surface area contributed by atoms with Crippen LogP contribution in [-0.4, -0.2) is 11.2 Å². The first-order valence-electron chi connectivity index (χ1n) is 6.25. The number of nitriles is 1. The van der Waals surface area contributed by atoms with Gasteiger partial charge in [0.25, 0.3) is 0 Å². The smallest absolute Gasteiger partial charge is 0.0723 e. The number of hydrogen-bond donors (Lipinski definition) is 1. The van der Waals surface area contributed by atoms with Crippen molar-refractivity contribution in [2.24, 2.45) is 11.8 Å². The molecule has 0 saturated carbocycles. The molecule has 0 heterocycles. The molecule has 0 aliphatic carbocycles. The number of hydrogen-bond acceptors (Lipinski definition) is 2. The van der Waals surface area contributed by atoms with Gasteiger partial charge in [0.05, 0.1) is 18.1 Å². The summed E-state index contributed by atoms with van der Waals surface area (Å²) in [5, 5.41) is 18.8. The van der Waals surface area contributed by atoms with Gasteiger partial charge in [-0.25, -0.2) is 0 Å². The molecule has 0 bridgehead atoms. The third kappa shape index (κ3) is 5.79. The lowest BCUT2D eigenvalue weighted by Crippen LogP contribution is -2.26. The van der Waals surface area contributed by atoms with Crippen molar-refractivity contribution >= 4 is 0 Å². The minimum Gasteiger partial charge on any atom is -0.391 e. The fourth-order valence-corrected chi connectivity index (χ4v) is 1.90. The molecule has 88 valence electrons. The molecule has 0 fully saturated rings. The van der Waals surface area contributed by atoms with Crippen LogP contribution in [0.1, 0.15) is 59.3 Å². The summed E-state index contributed by atoms with van der Waals surface area (Å²) in [6, 6.07) is 2.15. The largest absolute Gasteiger partial charge is 0.391 e. The maximum absolute atomic E-state index is 10.0. The van der Waals surface area contributed by atoms with Crippen molar-refractivity contribution in [3.05, 3.63) is 0 Å². The Balaban J connectivity index is 4.14. The Morgan fingerprint density at radius 1 is 1.13 bits per heavy atom. The summed E-state index contributed by atoms with van der Waals surface area (Å²) in [4.78, 5) is 0. The van der Waals surface area contributed by atoms with Gasteiger partial charge in [0.1, 0.15) is 0 Å². The Morgan fingerprint density at radius 2 is 1.60 bits per heavy atom. The van der Waals surface area contributed by atoms with Crippen molar-refractivity contribution in [3.8, 4) is 6.07 Å². The highest BCUT2D eigenvalue weighted by atomic mass is 16.3. The van der Waals surface area contributed by atoms with E-state index in [0.29, 0.717) is 5.92 Å². The Morgan fingerprint density at radius 3 is 1.93 bits per heavy atom. The SMILES string of the molecule is CCCCC(CCCC)C(O)C(C)C#N. The lowest BCUT2D eigenvalue weighted by molar-refractivity contribution is 0.0661. The fourth-order valence-electron chi connectivity index (χ4n) is 1.90. The molecule has 0 aliphatic heterocycles. The Kier molecular flexibility index (Phi) is 8.41. The quantitative estimate of drug-likeness (QED) is 0.667. The second kappa shape index (κ2) is 8.73. The van der Waals surface area contributed by atoms with E-state index in [2.05, 4.69) is 19.9 Å². The van der Waals surface area contributed by atoms with Gasteiger partial charge in [-0.2, -0.15) is 5.26 Å². The number of aliphatic hydroxyl groups excluding tert-OH is 1. The van der Waals surface area contributed by atoms with E-state index < -0.39 is 6.10 Å². The standard InChI is InChI=1S/C13H25NO/c1-4-6-8-12(9-7-5-2)13(15)11(3)10-14/h11-13,15H,4-9H2,1-3H3. The Labute approximate surface area is 94.3 Å². The zero-order valence-corrected chi connectivity index (χ0v) is 10.4. The molecular weight excluding hydrogens is 186 g/mol. The maximum Gasteiger partial charge on any atom is 0.0723 e. The van der Waals surface area contributed by atoms with Crippen molar-refractivity contribution in [1.29, 1.82) is 5.26 Å². The molecule has 2 nitrogen and oxygen atoms in total. The molecule has 0 spiro atoms. The van der Waals surface area contributed by atoms with E-state index in [1.54, 1.807) is 0 Å². The first-order valence-corrected chi connectivity index (χ1v) is 6.25. The van der Waals surface area contributed by atoms with E-state index in [9.17, 15) is 5.11 Å². The van der Waals surface area contributed by atoms with Crippen LogP contribution in [0.25, 0.3) is 0 Å². The molecule has 0 amide bonds. The van der Waals surface area contributed by atoms with Crippen LogP contribution in [0.3, 0.4) is 0 Å². The summed E-state index contributed by atoms with van der Waals surface area (Å²) in [6.45, 7) is 6.14. The highest BCUT2D eigenvalue weighted by molar-refractivity contribution is 4.88. The minimum atomic E-state index is -0.437. The summed E-state index contributed by atoms with van der Waals surface area (Å²) in [5.74, 6) is 0.0864. The van der Waals surface area contributed by atoms with E-state index in [1.165, 1.54) is 0 Å². The zero-order valence-electron chi connectivity index (χ0n) is 10.4. The molecule has 15 heavy (non-hydrogen) atoms. The molecule has 0 aromatic heterocycles. The van der Waals surface area contributed by atoms with Crippen LogP contribution in [-0.2, 0) is 0 Å². The molecule has 0 saturated heterocycles. The molecular formula is C13H25NO. The first kappa shape index (κ1) is 14.5.